The van der Waals surface area contributed by atoms with Gasteiger partial charge in [-0.3, -0.25) is 19.8 Å². The zero-order chi connectivity index (χ0) is 19.6. The van der Waals surface area contributed by atoms with Crippen molar-refractivity contribution in [2.24, 2.45) is 11.8 Å². The van der Waals surface area contributed by atoms with E-state index >= 15 is 0 Å². The number of carboxylic acids is 1. The molecule has 0 aliphatic carbocycles. The zero-order valence-electron chi connectivity index (χ0n) is 15.4. The van der Waals surface area contributed by atoms with Gasteiger partial charge in [0.05, 0.1) is 12.0 Å². The van der Waals surface area contributed by atoms with E-state index in [2.05, 4.69) is 4.98 Å². The third-order valence-corrected chi connectivity index (χ3v) is 4.74. The molecule has 0 aliphatic rings. The van der Waals surface area contributed by atoms with E-state index in [1.54, 1.807) is 12.3 Å². The van der Waals surface area contributed by atoms with Crippen LogP contribution in [-0.4, -0.2) is 38.8 Å². The van der Waals surface area contributed by atoms with Crippen molar-refractivity contribution >= 4 is 12.4 Å². The van der Waals surface area contributed by atoms with E-state index in [4.69, 9.17) is 0 Å². The Bertz CT molecular complexity index is 709. The molecule has 0 spiro atoms. The molecule has 1 aromatic heterocycles. The zero-order valence-corrected chi connectivity index (χ0v) is 15.4. The minimum atomic E-state index is -1.01. The van der Waals surface area contributed by atoms with Crippen LogP contribution in [-0.2, 0) is 22.4 Å². The predicted octanol–water partition coefficient (Wildman–Crippen LogP) is 3.20. The number of carboxylic acid groups (broad SMARTS) is 1. The molecule has 6 nitrogen and oxygen atoms in total. The number of hydrogen-bond acceptors (Lipinski definition) is 4. The third kappa shape index (κ3) is 6.49. The lowest BCUT2D eigenvalue weighted by atomic mass is 9.84. The maximum Gasteiger partial charge on any atom is 0.308 e. The number of aryl methyl sites for hydroxylation is 1. The molecule has 0 saturated heterocycles. The van der Waals surface area contributed by atoms with Crippen molar-refractivity contribution in [1.82, 2.24) is 10.0 Å². The van der Waals surface area contributed by atoms with Gasteiger partial charge in [-0.25, -0.2) is 5.06 Å². The average molecular weight is 370 g/mol. The third-order valence-electron chi connectivity index (χ3n) is 4.74. The molecule has 6 heteroatoms. The maximum absolute atomic E-state index is 11.9. The minimum Gasteiger partial charge on any atom is -0.481 e. The fourth-order valence-corrected chi connectivity index (χ4v) is 3.39. The molecule has 2 aromatic rings. The normalized spacial score (nSPS) is 14.1. The highest BCUT2D eigenvalue weighted by molar-refractivity contribution is 5.71. The second kappa shape index (κ2) is 10.4. The van der Waals surface area contributed by atoms with Crippen LogP contribution in [0.2, 0.25) is 0 Å². The number of hydrogen-bond donors (Lipinski definition) is 2. The Balaban J connectivity index is 2.07. The number of amides is 1. The number of hydroxylamine groups is 2. The number of carbonyl (C=O) groups is 2. The summed E-state index contributed by atoms with van der Waals surface area (Å²) in [6.45, 7) is 1.99. The number of rotatable bonds is 11. The van der Waals surface area contributed by atoms with E-state index < -0.39 is 17.9 Å². The quantitative estimate of drug-likeness (QED) is 0.360. The van der Waals surface area contributed by atoms with Crippen LogP contribution in [0.3, 0.4) is 0 Å². The van der Waals surface area contributed by atoms with Crippen LogP contribution in [0.15, 0.2) is 54.7 Å². The molecular formula is C21H26N2O4. The van der Waals surface area contributed by atoms with Gasteiger partial charge in [-0.2, -0.15) is 0 Å². The SMILES string of the molecule is CC(Cc1ccccc1)C[C@@H](C(=O)O)[C@H](CCc1ccccn1)N(O)C=O. The van der Waals surface area contributed by atoms with Gasteiger partial charge in [0, 0.05) is 11.9 Å². The van der Waals surface area contributed by atoms with Crippen molar-refractivity contribution in [2.75, 3.05) is 0 Å². The largest absolute Gasteiger partial charge is 0.481 e. The smallest absolute Gasteiger partial charge is 0.308 e. The van der Waals surface area contributed by atoms with Gasteiger partial charge in [0.1, 0.15) is 0 Å². The van der Waals surface area contributed by atoms with E-state index in [1.807, 2.05) is 49.4 Å². The summed E-state index contributed by atoms with van der Waals surface area (Å²) < 4.78 is 0. The summed E-state index contributed by atoms with van der Waals surface area (Å²) in [5.74, 6) is -1.78. The highest BCUT2D eigenvalue weighted by Gasteiger charge is 2.33. The average Bonchev–Trinajstić information content (AvgIpc) is 2.68. The molecule has 2 N–H and O–H groups in total. The summed E-state index contributed by atoms with van der Waals surface area (Å²) >= 11 is 0. The molecule has 2 rings (SSSR count). The van der Waals surface area contributed by atoms with Crippen LogP contribution in [0.4, 0.5) is 0 Å². The van der Waals surface area contributed by atoms with Crippen molar-refractivity contribution in [3.8, 4) is 0 Å². The Morgan fingerprint density at radius 1 is 1.19 bits per heavy atom. The predicted molar refractivity (Wildman–Crippen MR) is 101 cm³/mol. The van der Waals surface area contributed by atoms with Crippen LogP contribution < -0.4 is 0 Å². The van der Waals surface area contributed by atoms with Gasteiger partial charge in [-0.1, -0.05) is 43.3 Å². The summed E-state index contributed by atoms with van der Waals surface area (Å²) in [4.78, 5) is 27.2. The maximum atomic E-state index is 11.9. The second-order valence-electron chi connectivity index (χ2n) is 6.89. The summed E-state index contributed by atoms with van der Waals surface area (Å²) in [5.41, 5.74) is 1.93. The lowest BCUT2D eigenvalue weighted by molar-refractivity contribution is -0.173. The number of aromatic nitrogens is 1. The highest BCUT2D eigenvalue weighted by atomic mass is 16.5. The standard InChI is InChI=1S/C21H26N2O4/c1-16(13-17-7-3-2-4-8-17)14-19(21(25)26)20(23(27)15-24)11-10-18-9-5-6-12-22-18/h2-9,12,15-16,19-20,27H,10-11,13-14H2,1H3,(H,25,26)/t16?,19-,20+/m1/s1. The summed E-state index contributed by atoms with van der Waals surface area (Å²) in [7, 11) is 0. The first-order valence-electron chi connectivity index (χ1n) is 9.10. The van der Waals surface area contributed by atoms with Gasteiger partial charge in [-0.15, -0.1) is 0 Å². The van der Waals surface area contributed by atoms with E-state index in [-0.39, 0.29) is 12.3 Å². The van der Waals surface area contributed by atoms with E-state index in [0.29, 0.717) is 24.3 Å². The molecule has 3 atom stereocenters. The van der Waals surface area contributed by atoms with Crippen LogP contribution in [0.1, 0.15) is 31.0 Å². The molecular weight excluding hydrogens is 344 g/mol. The van der Waals surface area contributed by atoms with Crippen LogP contribution >= 0.6 is 0 Å². The monoisotopic (exact) mass is 370 g/mol. The minimum absolute atomic E-state index is 0.0888. The van der Waals surface area contributed by atoms with E-state index in [9.17, 15) is 19.9 Å². The first kappa shape index (κ1) is 20.6. The molecule has 1 unspecified atom stereocenters. The van der Waals surface area contributed by atoms with Crippen molar-refractivity contribution < 1.29 is 19.9 Å². The summed E-state index contributed by atoms with van der Waals surface area (Å²) in [5, 5.41) is 20.2. The molecule has 27 heavy (non-hydrogen) atoms. The molecule has 1 heterocycles. The molecule has 144 valence electrons. The van der Waals surface area contributed by atoms with Crippen molar-refractivity contribution in [3.05, 3.63) is 66.0 Å². The molecule has 0 saturated carbocycles. The Morgan fingerprint density at radius 2 is 1.89 bits per heavy atom. The Kier molecular flexibility index (Phi) is 7.95. The lowest BCUT2D eigenvalue weighted by Crippen LogP contribution is -2.42. The molecule has 0 fully saturated rings. The van der Waals surface area contributed by atoms with Gasteiger partial charge >= 0.3 is 5.97 Å². The van der Waals surface area contributed by atoms with Gasteiger partial charge in [0.15, 0.2) is 0 Å². The van der Waals surface area contributed by atoms with Crippen LogP contribution in [0.25, 0.3) is 0 Å². The first-order chi connectivity index (χ1) is 13.0. The highest BCUT2D eigenvalue weighted by Crippen LogP contribution is 2.25. The molecule has 1 amide bonds. The fourth-order valence-electron chi connectivity index (χ4n) is 3.39. The fraction of sp³-hybridized carbons (Fsp3) is 0.381. The molecule has 0 radical (unpaired) electrons. The molecule has 0 bridgehead atoms. The van der Waals surface area contributed by atoms with Crippen molar-refractivity contribution in [2.45, 2.75) is 38.6 Å². The first-order valence-corrected chi connectivity index (χ1v) is 9.10. The van der Waals surface area contributed by atoms with Gasteiger partial charge in [0.25, 0.3) is 0 Å². The molecule has 0 aliphatic heterocycles. The second-order valence-corrected chi connectivity index (χ2v) is 6.89. The molecule has 1 aromatic carbocycles. The number of pyridine rings is 1. The number of benzene rings is 1. The number of aliphatic carboxylic acids is 1. The Hall–Kier alpha value is -2.73. The van der Waals surface area contributed by atoms with Gasteiger partial charge < -0.3 is 5.11 Å². The lowest BCUT2D eigenvalue weighted by Gasteiger charge is -2.30. The van der Waals surface area contributed by atoms with Gasteiger partial charge in [0.2, 0.25) is 6.41 Å². The van der Waals surface area contributed by atoms with Gasteiger partial charge in [-0.05, 0) is 49.3 Å². The van der Waals surface area contributed by atoms with E-state index in [1.165, 1.54) is 0 Å². The Morgan fingerprint density at radius 3 is 2.48 bits per heavy atom. The topological polar surface area (TPSA) is 90.7 Å². The number of nitrogens with zero attached hydrogens (tertiary/aromatic N) is 2. The van der Waals surface area contributed by atoms with Crippen LogP contribution in [0, 0.1) is 11.8 Å². The number of carbonyl (C=O) groups excluding carboxylic acids is 1. The Labute approximate surface area is 159 Å². The van der Waals surface area contributed by atoms with Crippen molar-refractivity contribution in [3.63, 3.8) is 0 Å². The summed E-state index contributed by atoms with van der Waals surface area (Å²) in [6, 6.07) is 14.6. The van der Waals surface area contributed by atoms with E-state index in [0.717, 1.165) is 17.7 Å². The van der Waals surface area contributed by atoms with Crippen molar-refractivity contribution in [1.29, 1.82) is 0 Å². The van der Waals surface area contributed by atoms with Crippen LogP contribution in [0.5, 0.6) is 0 Å². The summed E-state index contributed by atoms with van der Waals surface area (Å²) in [6.07, 6.45) is 3.85.